The van der Waals surface area contributed by atoms with Crippen molar-refractivity contribution >= 4 is 0 Å². The molecule has 2 aromatic heterocycles. The van der Waals surface area contributed by atoms with Crippen molar-refractivity contribution in [1.29, 1.82) is 0 Å². The zero-order valence-electron chi connectivity index (χ0n) is 12.1. The molecule has 0 unspecified atom stereocenters. The lowest BCUT2D eigenvalue weighted by molar-refractivity contribution is 0.0719. The molecule has 0 bridgehead atoms. The highest BCUT2D eigenvalue weighted by molar-refractivity contribution is 4.94. The van der Waals surface area contributed by atoms with E-state index < -0.39 is 0 Å². The highest BCUT2D eigenvalue weighted by Gasteiger charge is 2.30. The molecule has 0 N–H and O–H groups in total. The molecule has 0 saturated carbocycles. The van der Waals surface area contributed by atoms with Gasteiger partial charge in [-0.15, -0.1) is 0 Å². The lowest BCUT2D eigenvalue weighted by atomic mass is 10.00. The first kappa shape index (κ1) is 13.3. The topological polar surface area (TPSA) is 60.0 Å². The van der Waals surface area contributed by atoms with E-state index in [4.69, 9.17) is 4.52 Å². The van der Waals surface area contributed by atoms with Gasteiger partial charge in [0, 0.05) is 18.4 Å². The highest BCUT2D eigenvalue weighted by atomic mass is 16.5. The Morgan fingerprint density at radius 3 is 3.05 bits per heavy atom. The van der Waals surface area contributed by atoms with E-state index in [1.54, 1.807) is 0 Å². The summed E-state index contributed by atoms with van der Waals surface area (Å²) in [6.07, 6.45) is 7.55. The van der Waals surface area contributed by atoms with Gasteiger partial charge in [-0.1, -0.05) is 11.6 Å². The van der Waals surface area contributed by atoms with Crippen molar-refractivity contribution in [3.63, 3.8) is 0 Å². The molecule has 0 amide bonds. The molecule has 1 saturated heterocycles. The number of hydrogen-bond donors (Lipinski definition) is 0. The van der Waals surface area contributed by atoms with Gasteiger partial charge < -0.3 is 4.52 Å². The molecule has 1 aliphatic rings. The van der Waals surface area contributed by atoms with Crippen LogP contribution in [0.2, 0.25) is 0 Å². The van der Waals surface area contributed by atoms with Gasteiger partial charge in [-0.25, -0.2) is 0 Å². The molecule has 0 radical (unpaired) electrons. The second kappa shape index (κ2) is 5.75. The van der Waals surface area contributed by atoms with Gasteiger partial charge in [0.15, 0.2) is 5.82 Å². The van der Waals surface area contributed by atoms with Gasteiger partial charge in [-0.2, -0.15) is 10.1 Å². The monoisotopic (exact) mass is 275 g/mol. The number of nitrogens with zero attached hydrogens (tertiary/aromatic N) is 5. The minimum atomic E-state index is 0.164. The largest absolute Gasteiger partial charge is 0.338 e. The Kier molecular flexibility index (Phi) is 3.82. The smallest absolute Gasteiger partial charge is 0.243 e. The summed E-state index contributed by atoms with van der Waals surface area (Å²) < 4.78 is 7.35. The number of hydrogen-bond acceptors (Lipinski definition) is 5. The third-order valence-electron chi connectivity index (χ3n) is 4.03. The highest BCUT2D eigenvalue weighted by Crippen LogP contribution is 2.28. The number of piperidine rings is 1. The first-order valence-corrected chi connectivity index (χ1v) is 7.27. The number of rotatable bonds is 4. The number of aromatic nitrogens is 4. The lowest BCUT2D eigenvalue weighted by Gasteiger charge is -2.38. The van der Waals surface area contributed by atoms with E-state index in [1.165, 1.54) is 19.3 Å². The van der Waals surface area contributed by atoms with Crippen molar-refractivity contribution < 1.29 is 4.52 Å². The first-order chi connectivity index (χ1) is 9.74. The number of aryl methyl sites for hydroxylation is 1. The van der Waals surface area contributed by atoms with Crippen molar-refractivity contribution in [2.45, 2.75) is 51.7 Å². The Morgan fingerprint density at radius 1 is 1.45 bits per heavy atom. The van der Waals surface area contributed by atoms with Crippen LogP contribution in [0.5, 0.6) is 0 Å². The summed E-state index contributed by atoms with van der Waals surface area (Å²) in [4.78, 5) is 6.85. The second-order valence-electron chi connectivity index (χ2n) is 5.47. The van der Waals surface area contributed by atoms with E-state index in [9.17, 15) is 0 Å². The van der Waals surface area contributed by atoms with Crippen molar-refractivity contribution in [3.05, 3.63) is 30.2 Å². The predicted octanol–water partition coefficient (Wildman–Crippen LogP) is 2.19. The van der Waals surface area contributed by atoms with Crippen molar-refractivity contribution in [2.75, 3.05) is 6.54 Å². The van der Waals surface area contributed by atoms with Crippen LogP contribution in [0, 0.1) is 6.92 Å². The Hall–Kier alpha value is -1.69. The number of likely N-dealkylation sites (tertiary alicyclic amines) is 1. The molecule has 0 aliphatic carbocycles. The average Bonchev–Trinajstić information content (AvgIpc) is 3.10. The SMILES string of the molecule is Cc1noc([C@H](C)N2CCCC[C@@H]2Cn2cccn2)n1. The molecular formula is C14H21N5O. The molecule has 6 heteroatoms. The average molecular weight is 275 g/mol. The van der Waals surface area contributed by atoms with Gasteiger partial charge in [0.25, 0.3) is 0 Å². The summed E-state index contributed by atoms with van der Waals surface area (Å²) >= 11 is 0. The quantitative estimate of drug-likeness (QED) is 0.856. The van der Waals surface area contributed by atoms with E-state index in [0.717, 1.165) is 19.0 Å². The zero-order valence-corrected chi connectivity index (χ0v) is 12.1. The van der Waals surface area contributed by atoms with Crippen molar-refractivity contribution in [2.24, 2.45) is 0 Å². The predicted molar refractivity (Wildman–Crippen MR) is 74.0 cm³/mol. The maximum Gasteiger partial charge on any atom is 0.243 e. The molecule has 2 atom stereocenters. The first-order valence-electron chi connectivity index (χ1n) is 7.27. The molecule has 20 heavy (non-hydrogen) atoms. The van der Waals surface area contributed by atoms with Crippen molar-refractivity contribution in [1.82, 2.24) is 24.8 Å². The molecule has 108 valence electrons. The van der Waals surface area contributed by atoms with Crippen LogP contribution >= 0.6 is 0 Å². The third kappa shape index (κ3) is 2.75. The Balaban J connectivity index is 1.74. The Bertz CT molecular complexity index is 536. The lowest BCUT2D eigenvalue weighted by Crippen LogP contribution is -2.43. The van der Waals surface area contributed by atoms with Crippen LogP contribution in [-0.4, -0.2) is 37.4 Å². The van der Waals surface area contributed by atoms with E-state index in [1.807, 2.05) is 30.1 Å². The summed E-state index contributed by atoms with van der Waals surface area (Å²) in [5.74, 6) is 1.42. The normalized spacial score (nSPS) is 22.0. The molecule has 2 aromatic rings. The van der Waals surface area contributed by atoms with Crippen LogP contribution in [-0.2, 0) is 6.54 Å². The Morgan fingerprint density at radius 2 is 2.35 bits per heavy atom. The molecule has 3 heterocycles. The van der Waals surface area contributed by atoms with E-state index in [-0.39, 0.29) is 6.04 Å². The molecule has 0 spiro atoms. The van der Waals surface area contributed by atoms with Crippen LogP contribution in [0.25, 0.3) is 0 Å². The van der Waals surface area contributed by atoms with Gasteiger partial charge in [-0.3, -0.25) is 9.58 Å². The third-order valence-corrected chi connectivity index (χ3v) is 4.03. The van der Waals surface area contributed by atoms with Crippen LogP contribution in [0.1, 0.15) is 43.9 Å². The molecule has 0 aromatic carbocycles. The van der Waals surface area contributed by atoms with Crippen LogP contribution in [0.3, 0.4) is 0 Å². The van der Waals surface area contributed by atoms with Gasteiger partial charge in [-0.05, 0) is 39.3 Å². The fourth-order valence-electron chi connectivity index (χ4n) is 2.98. The van der Waals surface area contributed by atoms with Gasteiger partial charge >= 0.3 is 0 Å². The maximum absolute atomic E-state index is 5.34. The van der Waals surface area contributed by atoms with E-state index in [0.29, 0.717) is 11.9 Å². The van der Waals surface area contributed by atoms with Gasteiger partial charge in [0.1, 0.15) is 0 Å². The fourth-order valence-corrected chi connectivity index (χ4v) is 2.98. The standard InChI is InChI=1S/C14H21N5O/c1-11(14-16-12(2)17-20-14)19-9-4-3-6-13(19)10-18-8-5-7-15-18/h5,7-8,11,13H,3-4,6,9-10H2,1-2H3/t11-,13+/m0/s1. The molecule has 1 aliphatic heterocycles. The van der Waals surface area contributed by atoms with E-state index >= 15 is 0 Å². The zero-order chi connectivity index (χ0) is 13.9. The summed E-state index contributed by atoms with van der Waals surface area (Å²) in [6, 6.07) is 2.61. The second-order valence-corrected chi connectivity index (χ2v) is 5.47. The van der Waals surface area contributed by atoms with Crippen molar-refractivity contribution in [3.8, 4) is 0 Å². The Labute approximate surface area is 118 Å². The van der Waals surface area contributed by atoms with Gasteiger partial charge in [0.2, 0.25) is 5.89 Å². The molecule has 3 rings (SSSR count). The van der Waals surface area contributed by atoms with E-state index in [2.05, 4.69) is 27.1 Å². The molecule has 6 nitrogen and oxygen atoms in total. The summed E-state index contributed by atoms with van der Waals surface area (Å²) in [7, 11) is 0. The maximum atomic E-state index is 5.34. The summed E-state index contributed by atoms with van der Waals surface area (Å²) in [5.41, 5.74) is 0. The summed E-state index contributed by atoms with van der Waals surface area (Å²) in [6.45, 7) is 6.00. The van der Waals surface area contributed by atoms with Crippen LogP contribution in [0.15, 0.2) is 23.0 Å². The van der Waals surface area contributed by atoms with Crippen LogP contribution in [0.4, 0.5) is 0 Å². The summed E-state index contributed by atoms with van der Waals surface area (Å²) in [5, 5.41) is 8.22. The minimum Gasteiger partial charge on any atom is -0.338 e. The molecule has 1 fully saturated rings. The van der Waals surface area contributed by atoms with Crippen LogP contribution < -0.4 is 0 Å². The molecular weight excluding hydrogens is 254 g/mol. The van der Waals surface area contributed by atoms with Gasteiger partial charge in [0.05, 0.1) is 12.6 Å². The fraction of sp³-hybridized carbons (Fsp3) is 0.643. The minimum absolute atomic E-state index is 0.164.